The summed E-state index contributed by atoms with van der Waals surface area (Å²) in [6, 6.07) is 17.0. The number of rotatable bonds is 7. The Morgan fingerprint density at radius 2 is 1.85 bits per heavy atom. The van der Waals surface area contributed by atoms with Crippen molar-refractivity contribution in [3.63, 3.8) is 0 Å². The largest absolute Gasteiger partial charge is 0.480 e. The second kappa shape index (κ2) is 9.03. The van der Waals surface area contributed by atoms with Crippen LogP contribution in [0.15, 0.2) is 59.4 Å². The summed E-state index contributed by atoms with van der Waals surface area (Å²) in [6.07, 6.45) is 0. The highest BCUT2D eigenvalue weighted by atomic mass is 16.5. The van der Waals surface area contributed by atoms with Crippen LogP contribution in [0.5, 0.6) is 11.8 Å². The van der Waals surface area contributed by atoms with E-state index in [0.29, 0.717) is 22.2 Å². The third kappa shape index (κ3) is 4.86. The average Bonchev–Trinajstić information content (AvgIpc) is 2.81. The van der Waals surface area contributed by atoms with E-state index in [-0.39, 0.29) is 29.2 Å². The van der Waals surface area contributed by atoms with E-state index in [2.05, 4.69) is 25.6 Å². The fourth-order valence-electron chi connectivity index (χ4n) is 3.01. The van der Waals surface area contributed by atoms with E-state index in [9.17, 15) is 9.59 Å². The third-order valence-electron chi connectivity index (χ3n) is 4.60. The second-order valence-corrected chi connectivity index (χ2v) is 6.85. The number of anilines is 3. The lowest BCUT2D eigenvalue weighted by Gasteiger charge is -2.12. The monoisotopic (exact) mass is 443 g/mol. The number of nitriles is 1. The Balaban J connectivity index is 1.72. The number of aliphatic carboxylic acids is 1. The Bertz CT molecular complexity index is 1440. The van der Waals surface area contributed by atoms with Gasteiger partial charge in [0.2, 0.25) is 11.9 Å². The van der Waals surface area contributed by atoms with Gasteiger partial charge in [-0.25, -0.2) is 0 Å². The molecule has 0 aliphatic rings. The highest BCUT2D eigenvalue weighted by molar-refractivity contribution is 5.85. The minimum Gasteiger partial charge on any atom is -0.480 e. The van der Waals surface area contributed by atoms with Gasteiger partial charge in [-0.1, -0.05) is 12.1 Å². The maximum atomic E-state index is 12.4. The Kier molecular flexibility index (Phi) is 5.81. The summed E-state index contributed by atoms with van der Waals surface area (Å²) in [5.74, 6) is -0.817. The minimum atomic E-state index is -1.10. The first kappa shape index (κ1) is 21.3. The van der Waals surface area contributed by atoms with Gasteiger partial charge in [0.05, 0.1) is 17.1 Å². The molecular weight excluding hydrogens is 426 g/mol. The quantitative estimate of drug-likeness (QED) is 0.388. The van der Waals surface area contributed by atoms with Gasteiger partial charge in [-0.3, -0.25) is 9.59 Å². The van der Waals surface area contributed by atoms with Crippen molar-refractivity contribution in [2.45, 2.75) is 0 Å². The smallest absolute Gasteiger partial charge is 0.328 e. The first-order valence-electron chi connectivity index (χ1n) is 9.68. The maximum absolute atomic E-state index is 12.4. The van der Waals surface area contributed by atoms with E-state index in [0.717, 1.165) is 0 Å². The number of carbonyl (C=O) groups is 1. The zero-order chi connectivity index (χ0) is 23.4. The van der Waals surface area contributed by atoms with Crippen LogP contribution in [-0.4, -0.2) is 37.1 Å². The Morgan fingerprint density at radius 1 is 1.12 bits per heavy atom. The molecule has 11 heteroatoms. The van der Waals surface area contributed by atoms with E-state index in [4.69, 9.17) is 15.1 Å². The lowest BCUT2D eigenvalue weighted by Crippen LogP contribution is -2.17. The van der Waals surface area contributed by atoms with Crippen molar-refractivity contribution in [1.29, 1.82) is 5.26 Å². The lowest BCUT2D eigenvalue weighted by molar-refractivity contribution is -0.134. The van der Waals surface area contributed by atoms with E-state index in [1.54, 1.807) is 43.4 Å². The van der Waals surface area contributed by atoms with Crippen LogP contribution in [0.2, 0.25) is 0 Å². The molecule has 3 N–H and O–H groups in total. The first-order chi connectivity index (χ1) is 15.9. The van der Waals surface area contributed by atoms with Gasteiger partial charge in [0.15, 0.2) is 0 Å². The van der Waals surface area contributed by atoms with Crippen molar-refractivity contribution in [2.24, 2.45) is 7.05 Å². The highest BCUT2D eigenvalue weighted by Crippen LogP contribution is 2.27. The number of carboxylic acid groups (broad SMARTS) is 1. The Hall–Kier alpha value is -4.98. The van der Waals surface area contributed by atoms with Crippen molar-refractivity contribution >= 4 is 34.5 Å². The number of nitrogens with zero attached hydrogens (tertiary/aromatic N) is 5. The van der Waals surface area contributed by atoms with Crippen LogP contribution in [0.25, 0.3) is 10.9 Å². The Labute approximate surface area is 186 Å². The van der Waals surface area contributed by atoms with Crippen LogP contribution in [0, 0.1) is 11.3 Å². The predicted octanol–water partition coefficient (Wildman–Crippen LogP) is 2.63. The van der Waals surface area contributed by atoms with Crippen molar-refractivity contribution in [3.05, 3.63) is 70.5 Å². The van der Waals surface area contributed by atoms with Gasteiger partial charge >= 0.3 is 12.0 Å². The molecule has 11 nitrogen and oxygen atoms in total. The fourth-order valence-corrected chi connectivity index (χ4v) is 3.01. The summed E-state index contributed by atoms with van der Waals surface area (Å²) in [6.45, 7) is -0.422. The molecule has 0 amide bonds. The van der Waals surface area contributed by atoms with Crippen LogP contribution < -0.4 is 20.9 Å². The number of pyridine rings is 1. The predicted molar refractivity (Wildman–Crippen MR) is 120 cm³/mol. The number of aryl methyl sites for hydroxylation is 1. The van der Waals surface area contributed by atoms with E-state index in [1.165, 1.54) is 10.6 Å². The minimum absolute atomic E-state index is 0.0355. The Morgan fingerprint density at radius 3 is 2.58 bits per heavy atom. The highest BCUT2D eigenvalue weighted by Gasteiger charge is 2.14. The van der Waals surface area contributed by atoms with E-state index >= 15 is 0 Å². The molecule has 2 heterocycles. The number of aromatic nitrogens is 4. The molecule has 164 valence electrons. The molecule has 2 aromatic heterocycles. The fraction of sp³-hybridized carbons (Fsp3) is 0.0909. The molecule has 4 aromatic rings. The zero-order valence-corrected chi connectivity index (χ0v) is 17.3. The molecule has 4 rings (SSSR count). The van der Waals surface area contributed by atoms with Gasteiger partial charge in [-0.05, 0) is 36.4 Å². The zero-order valence-electron chi connectivity index (χ0n) is 17.3. The summed E-state index contributed by atoms with van der Waals surface area (Å²) in [5, 5.41) is 24.1. The number of fused-ring (bicyclic) bond motifs is 1. The molecular formula is C22H17N7O4. The maximum Gasteiger partial charge on any atom is 0.328 e. The third-order valence-corrected chi connectivity index (χ3v) is 4.60. The van der Waals surface area contributed by atoms with Crippen molar-refractivity contribution in [1.82, 2.24) is 19.5 Å². The molecule has 0 spiro atoms. The average molecular weight is 443 g/mol. The standard InChI is InChI=1S/C22H17N7O4/c1-29-16-5-3-2-4-15(16)17(10-18(29)30)33-22-27-20(24-12-19(31)32)26-21(28-22)25-14-8-6-13(11-23)7-9-14/h2-10H,12H2,1H3,(H,31,32)(H2,24,25,26,27,28). The number of carboxylic acids is 1. The SMILES string of the molecule is Cn1c(=O)cc(Oc2nc(NCC(=O)O)nc(Nc3ccc(C#N)cc3)n2)c2ccccc21. The molecule has 0 radical (unpaired) electrons. The van der Waals surface area contributed by atoms with Crippen LogP contribution in [0.1, 0.15) is 5.56 Å². The molecule has 0 saturated heterocycles. The number of hydrogen-bond acceptors (Lipinski definition) is 9. The summed E-state index contributed by atoms with van der Waals surface area (Å²) in [7, 11) is 1.66. The number of benzene rings is 2. The molecule has 0 atom stereocenters. The molecule has 0 bridgehead atoms. The second-order valence-electron chi connectivity index (χ2n) is 6.85. The van der Waals surface area contributed by atoms with E-state index < -0.39 is 12.5 Å². The van der Waals surface area contributed by atoms with Crippen molar-refractivity contribution in [2.75, 3.05) is 17.2 Å². The van der Waals surface area contributed by atoms with Gasteiger partial charge in [0.25, 0.3) is 5.56 Å². The first-order valence-corrected chi connectivity index (χ1v) is 9.68. The van der Waals surface area contributed by atoms with Crippen LogP contribution in [0.4, 0.5) is 17.6 Å². The lowest BCUT2D eigenvalue weighted by atomic mass is 10.2. The summed E-state index contributed by atoms with van der Waals surface area (Å²) in [4.78, 5) is 35.8. The van der Waals surface area contributed by atoms with Gasteiger partial charge in [0.1, 0.15) is 12.3 Å². The normalized spacial score (nSPS) is 10.4. The number of hydrogen-bond donors (Lipinski definition) is 3. The van der Waals surface area contributed by atoms with Gasteiger partial charge in [-0.15, -0.1) is 0 Å². The van der Waals surface area contributed by atoms with Crippen molar-refractivity contribution in [3.8, 4) is 17.8 Å². The van der Waals surface area contributed by atoms with Gasteiger partial charge in [-0.2, -0.15) is 20.2 Å². The summed E-state index contributed by atoms with van der Waals surface area (Å²) < 4.78 is 7.34. The number of para-hydroxylation sites is 1. The molecule has 0 aliphatic heterocycles. The summed E-state index contributed by atoms with van der Waals surface area (Å²) >= 11 is 0. The van der Waals surface area contributed by atoms with Crippen LogP contribution in [-0.2, 0) is 11.8 Å². The molecule has 0 fully saturated rings. The summed E-state index contributed by atoms with van der Waals surface area (Å²) in [5.41, 5.74) is 1.46. The molecule has 2 aromatic carbocycles. The van der Waals surface area contributed by atoms with Crippen LogP contribution >= 0.6 is 0 Å². The number of ether oxygens (including phenoxy) is 1. The topological polar surface area (TPSA) is 155 Å². The molecule has 0 saturated carbocycles. The number of nitrogens with one attached hydrogen (secondary N) is 2. The van der Waals surface area contributed by atoms with Crippen molar-refractivity contribution < 1.29 is 14.6 Å². The van der Waals surface area contributed by atoms with Gasteiger partial charge < -0.3 is 25.0 Å². The molecule has 0 unspecified atom stereocenters. The van der Waals surface area contributed by atoms with Gasteiger partial charge in [0, 0.05) is 24.2 Å². The van der Waals surface area contributed by atoms with E-state index in [1.807, 2.05) is 18.2 Å². The molecule has 0 aliphatic carbocycles. The van der Waals surface area contributed by atoms with Crippen LogP contribution in [0.3, 0.4) is 0 Å². The molecule has 33 heavy (non-hydrogen) atoms.